The highest BCUT2D eigenvalue weighted by Gasteiger charge is 2.32. The molecular weight excluding hydrogens is 573 g/mol. The van der Waals surface area contributed by atoms with Gasteiger partial charge in [-0.3, -0.25) is 4.79 Å². The number of likely N-dealkylation sites (tertiary alicyclic amines) is 1. The van der Waals surface area contributed by atoms with Crippen molar-refractivity contribution in [2.45, 2.75) is 124 Å². The maximum absolute atomic E-state index is 13.8. The van der Waals surface area contributed by atoms with Gasteiger partial charge in [-0.05, 0) is 106 Å². The van der Waals surface area contributed by atoms with Crippen molar-refractivity contribution in [1.82, 2.24) is 10.2 Å². The molecule has 0 radical (unpaired) electrons. The number of benzene rings is 1. The molecular formula is C40H62FN3O2. The molecule has 1 heterocycles. The van der Waals surface area contributed by atoms with E-state index in [9.17, 15) is 14.0 Å². The van der Waals surface area contributed by atoms with E-state index in [2.05, 4.69) is 50.6 Å². The maximum atomic E-state index is 13.8. The zero-order valence-corrected chi connectivity index (χ0v) is 29.8. The highest BCUT2D eigenvalue weighted by atomic mass is 19.1. The number of hydrogen-bond donors (Lipinski definition) is 2. The standard InChI is InChI=1S/C17H25NO.C14H19FN2O.C5H8.C4H10/c1-12-7-9-16(17(19)14-5-4-6-14)11-15(12)10-8-13(2)18-3;1-10(2)12-6-5-11(9-13(12)15)16-14(18)17-7-3-4-8-17;1-5-3-2-4-5;1-3-4-2/h8,10,14,16,18H,2,4-7,9,11H2,1,3H3;5-6,9-10H,3-4,7-8H2,1-2H3,(H,16,18);1-4H2;3-4H2,1-2H3/b10-8-;;;. The van der Waals surface area contributed by atoms with Gasteiger partial charge in [-0.25, -0.2) is 9.18 Å². The predicted octanol–water partition coefficient (Wildman–Crippen LogP) is 10.9. The molecule has 3 aliphatic carbocycles. The van der Waals surface area contributed by atoms with Crippen molar-refractivity contribution >= 4 is 17.5 Å². The predicted molar refractivity (Wildman–Crippen MR) is 194 cm³/mol. The molecule has 5 nitrogen and oxygen atoms in total. The number of Topliss-reactive ketones (excluding diaryl/α,β-unsaturated/α-hetero) is 1. The smallest absolute Gasteiger partial charge is 0.321 e. The van der Waals surface area contributed by atoms with Gasteiger partial charge >= 0.3 is 6.03 Å². The third-order valence-electron chi connectivity index (χ3n) is 9.43. The van der Waals surface area contributed by atoms with Crippen molar-refractivity contribution in [2.75, 3.05) is 25.5 Å². The molecule has 1 atom stereocenters. The van der Waals surface area contributed by atoms with E-state index in [-0.39, 0.29) is 23.7 Å². The van der Waals surface area contributed by atoms with E-state index in [0.29, 0.717) is 23.0 Å². The highest BCUT2D eigenvalue weighted by molar-refractivity contribution is 5.89. The van der Waals surface area contributed by atoms with Crippen LogP contribution in [0.4, 0.5) is 14.9 Å². The van der Waals surface area contributed by atoms with Gasteiger partial charge in [0.05, 0.1) is 0 Å². The van der Waals surface area contributed by atoms with E-state index in [0.717, 1.165) is 63.7 Å². The minimum atomic E-state index is -0.260. The summed E-state index contributed by atoms with van der Waals surface area (Å²) in [7, 11) is 1.87. The van der Waals surface area contributed by atoms with Crippen LogP contribution in [0.5, 0.6) is 0 Å². The number of ketones is 1. The Morgan fingerprint density at radius 1 is 1.00 bits per heavy atom. The van der Waals surface area contributed by atoms with Gasteiger partial charge in [-0.15, -0.1) is 0 Å². The topological polar surface area (TPSA) is 61.4 Å². The summed E-state index contributed by atoms with van der Waals surface area (Å²) in [5, 5.41) is 5.76. The number of nitrogens with one attached hydrogen (secondary N) is 2. The molecule has 46 heavy (non-hydrogen) atoms. The van der Waals surface area contributed by atoms with Crippen molar-refractivity contribution in [2.24, 2.45) is 11.8 Å². The number of carbonyl (C=O) groups excluding carboxylic acids is 2. The maximum Gasteiger partial charge on any atom is 0.321 e. The van der Waals surface area contributed by atoms with Crippen LogP contribution in [0.3, 0.4) is 0 Å². The molecule has 6 heteroatoms. The molecule has 4 aliphatic rings. The molecule has 3 fully saturated rings. The zero-order chi connectivity index (χ0) is 34.1. The number of halogens is 1. The largest absolute Gasteiger partial charge is 0.389 e. The first-order valence-corrected chi connectivity index (χ1v) is 17.8. The van der Waals surface area contributed by atoms with Crippen LogP contribution < -0.4 is 10.6 Å². The van der Waals surface area contributed by atoms with Gasteiger partial charge in [0.15, 0.2) is 0 Å². The second kappa shape index (κ2) is 20.9. The summed E-state index contributed by atoms with van der Waals surface area (Å²) in [5.41, 5.74) is 6.30. The first-order valence-electron chi connectivity index (χ1n) is 17.8. The quantitative estimate of drug-likeness (QED) is 0.221. The number of unbranched alkanes of at least 4 members (excludes halogenated alkanes) is 1. The van der Waals surface area contributed by atoms with Crippen LogP contribution in [-0.2, 0) is 4.79 Å². The lowest BCUT2D eigenvalue weighted by Gasteiger charge is -2.31. The fourth-order valence-corrected chi connectivity index (χ4v) is 5.48. The van der Waals surface area contributed by atoms with Crippen LogP contribution in [0.25, 0.3) is 0 Å². The number of amides is 2. The molecule has 1 aliphatic heterocycles. The van der Waals surface area contributed by atoms with Crippen LogP contribution in [0.1, 0.15) is 130 Å². The van der Waals surface area contributed by atoms with E-state index in [1.54, 1.807) is 17.0 Å². The number of nitrogens with zero attached hydrogens (tertiary/aromatic N) is 1. The molecule has 1 unspecified atom stereocenters. The third kappa shape index (κ3) is 13.3. The normalized spacial score (nSPS) is 19.1. The minimum Gasteiger partial charge on any atom is -0.389 e. The monoisotopic (exact) mass is 635 g/mol. The van der Waals surface area contributed by atoms with Crippen LogP contribution >= 0.6 is 0 Å². The van der Waals surface area contributed by atoms with Gasteiger partial charge in [0, 0.05) is 43.4 Å². The van der Waals surface area contributed by atoms with Crippen molar-refractivity contribution in [3.8, 4) is 0 Å². The molecule has 2 amide bonds. The van der Waals surface area contributed by atoms with Gasteiger partial charge in [0.2, 0.25) is 0 Å². The van der Waals surface area contributed by atoms with Crippen molar-refractivity contribution in [3.63, 3.8) is 0 Å². The fraction of sp³-hybridized carbons (Fsp3) is 0.600. The summed E-state index contributed by atoms with van der Waals surface area (Å²) >= 11 is 0. The molecule has 1 saturated heterocycles. The van der Waals surface area contributed by atoms with E-state index in [4.69, 9.17) is 0 Å². The number of urea groups is 1. The zero-order valence-electron chi connectivity index (χ0n) is 29.8. The van der Waals surface area contributed by atoms with Crippen molar-refractivity contribution in [1.29, 1.82) is 0 Å². The van der Waals surface area contributed by atoms with Gasteiger partial charge in [-0.1, -0.05) is 83.4 Å². The molecule has 0 spiro atoms. The van der Waals surface area contributed by atoms with Gasteiger partial charge in [0.1, 0.15) is 11.6 Å². The lowest BCUT2D eigenvalue weighted by Crippen LogP contribution is -2.32. The Kier molecular flexibility index (Phi) is 17.7. The number of hydrogen-bond acceptors (Lipinski definition) is 3. The Morgan fingerprint density at radius 2 is 1.63 bits per heavy atom. The van der Waals surface area contributed by atoms with Gasteiger partial charge in [-0.2, -0.15) is 0 Å². The molecule has 2 saturated carbocycles. The van der Waals surface area contributed by atoms with E-state index < -0.39 is 0 Å². The number of allylic oxidation sites excluding steroid dienone is 5. The van der Waals surface area contributed by atoms with Crippen LogP contribution in [-0.4, -0.2) is 36.9 Å². The molecule has 1 aromatic rings. The number of likely N-dealkylation sites (N-methyl/N-ethyl adjacent to an activating group) is 1. The van der Waals surface area contributed by atoms with Crippen molar-refractivity contribution < 1.29 is 14.0 Å². The Labute approximate surface area is 279 Å². The van der Waals surface area contributed by atoms with Gasteiger partial charge in [0.25, 0.3) is 0 Å². The van der Waals surface area contributed by atoms with Crippen LogP contribution in [0.15, 0.2) is 65.9 Å². The Hall–Kier alpha value is -3.15. The molecule has 0 aromatic heterocycles. The minimum absolute atomic E-state index is 0.135. The average Bonchev–Trinajstić information content (AvgIpc) is 3.55. The lowest BCUT2D eigenvalue weighted by molar-refractivity contribution is -0.129. The lowest BCUT2D eigenvalue weighted by atomic mass is 9.72. The van der Waals surface area contributed by atoms with Crippen molar-refractivity contribution in [3.05, 3.63) is 77.3 Å². The Bertz CT molecular complexity index is 1200. The summed E-state index contributed by atoms with van der Waals surface area (Å²) in [4.78, 5) is 25.9. The van der Waals surface area contributed by atoms with E-state index in [1.807, 2.05) is 27.0 Å². The summed E-state index contributed by atoms with van der Waals surface area (Å²) in [5.74, 6) is 1.05. The number of rotatable bonds is 8. The highest BCUT2D eigenvalue weighted by Crippen LogP contribution is 2.37. The first kappa shape index (κ1) is 39.0. The molecule has 1 aromatic carbocycles. The third-order valence-corrected chi connectivity index (χ3v) is 9.43. The summed E-state index contributed by atoms with van der Waals surface area (Å²) in [6.07, 6.45) is 19.4. The number of carbonyl (C=O) groups is 2. The van der Waals surface area contributed by atoms with Gasteiger partial charge < -0.3 is 15.5 Å². The Balaban J connectivity index is 0.000000253. The summed E-state index contributed by atoms with van der Waals surface area (Å²) < 4.78 is 13.8. The first-order chi connectivity index (χ1) is 22.0. The molecule has 2 N–H and O–H groups in total. The SMILES string of the molecule is C=C(/C=C\C1=C(C)CCC(C(=O)C2CCC2)C1)NC.C=C1CCC1.CC(C)c1ccc(NC(=O)N2CCCC2)cc1F.CCCC. The van der Waals surface area contributed by atoms with E-state index in [1.165, 1.54) is 61.3 Å². The van der Waals surface area contributed by atoms with Crippen LogP contribution in [0.2, 0.25) is 0 Å². The second-order valence-electron chi connectivity index (χ2n) is 13.5. The van der Waals surface area contributed by atoms with E-state index >= 15 is 0 Å². The molecule has 256 valence electrons. The number of anilines is 1. The average molecular weight is 636 g/mol. The summed E-state index contributed by atoms with van der Waals surface area (Å²) in [6.45, 7) is 19.7. The summed E-state index contributed by atoms with van der Waals surface area (Å²) in [6, 6.07) is 4.75. The Morgan fingerprint density at radius 3 is 2.09 bits per heavy atom. The molecule has 5 rings (SSSR count). The second-order valence-corrected chi connectivity index (χ2v) is 13.5. The fourth-order valence-electron chi connectivity index (χ4n) is 5.48. The molecule has 0 bridgehead atoms. The van der Waals surface area contributed by atoms with Crippen LogP contribution in [0, 0.1) is 17.7 Å².